The molecule has 0 aromatic rings. The number of hydrogen-bond acceptors (Lipinski definition) is 1. The maximum Gasteiger partial charge on any atom is 0.251 e. The number of aliphatic hydroxyl groups is 1. The normalized spacial score (nSPS) is 47.1. The molecule has 0 aromatic heterocycles. The van der Waals surface area contributed by atoms with Crippen LogP contribution in [-0.4, -0.2) is 17.6 Å². The maximum absolute atomic E-state index is 15.4. The zero-order valence-electron chi connectivity index (χ0n) is 19.9. The van der Waals surface area contributed by atoms with Crippen LogP contribution in [-0.2, 0) is 0 Å². The fraction of sp³-hybridized carbons (Fsp3) is 1.00. The van der Waals surface area contributed by atoms with Crippen molar-refractivity contribution in [2.45, 2.75) is 111 Å². The quantitative estimate of drug-likeness (QED) is 0.463. The van der Waals surface area contributed by atoms with Crippen LogP contribution in [0.4, 0.5) is 8.78 Å². The first-order valence-electron chi connectivity index (χ1n) is 13.1. The van der Waals surface area contributed by atoms with Crippen molar-refractivity contribution in [1.29, 1.82) is 0 Å². The molecule has 0 heterocycles. The minimum atomic E-state index is -2.46. The Kier molecular flexibility index (Phi) is 6.37. The van der Waals surface area contributed by atoms with Gasteiger partial charge in [0.1, 0.15) is 0 Å². The molecule has 1 nitrogen and oxygen atoms in total. The molecular weight excluding hydrogens is 378 g/mol. The number of fused-ring (bicyclic) bond motifs is 5. The molecule has 0 radical (unpaired) electrons. The van der Waals surface area contributed by atoms with Crippen LogP contribution in [0.5, 0.6) is 0 Å². The molecule has 0 amide bonds. The summed E-state index contributed by atoms with van der Waals surface area (Å²) in [5, 5.41) is 9.30. The molecule has 9 unspecified atom stereocenters. The van der Waals surface area contributed by atoms with Crippen molar-refractivity contribution in [3.8, 4) is 0 Å². The zero-order valence-corrected chi connectivity index (χ0v) is 19.9. The summed E-state index contributed by atoms with van der Waals surface area (Å²) < 4.78 is 30.9. The van der Waals surface area contributed by atoms with Crippen molar-refractivity contribution in [2.24, 2.45) is 52.3 Å². The van der Waals surface area contributed by atoms with Crippen molar-refractivity contribution < 1.29 is 13.9 Å². The molecule has 0 saturated heterocycles. The highest BCUT2D eigenvalue weighted by Gasteiger charge is 2.66. The number of halogens is 2. The monoisotopic (exact) mass is 424 g/mol. The van der Waals surface area contributed by atoms with E-state index in [0.29, 0.717) is 29.6 Å². The lowest BCUT2D eigenvalue weighted by Crippen LogP contribution is -2.59. The smallest absolute Gasteiger partial charge is 0.251 e. The zero-order chi connectivity index (χ0) is 21.7. The third kappa shape index (κ3) is 3.67. The molecule has 4 fully saturated rings. The van der Waals surface area contributed by atoms with Gasteiger partial charge in [-0.25, -0.2) is 8.78 Å². The van der Waals surface area contributed by atoms with Crippen LogP contribution in [0.1, 0.15) is 105 Å². The van der Waals surface area contributed by atoms with Crippen LogP contribution in [0, 0.1) is 52.3 Å². The van der Waals surface area contributed by atoms with E-state index in [9.17, 15) is 5.11 Å². The molecule has 0 aromatic carbocycles. The number of hydrogen-bond donors (Lipinski definition) is 1. The largest absolute Gasteiger partial charge is 0.396 e. The second-order valence-corrected chi connectivity index (χ2v) is 12.6. The predicted octanol–water partition coefficient (Wildman–Crippen LogP) is 7.72. The fourth-order valence-electron chi connectivity index (χ4n) is 9.40. The summed E-state index contributed by atoms with van der Waals surface area (Å²) in [5.41, 5.74) is 0.132. The van der Waals surface area contributed by atoms with Crippen molar-refractivity contribution in [3.05, 3.63) is 0 Å². The second-order valence-electron chi connectivity index (χ2n) is 12.6. The Hall–Kier alpha value is -0.180. The third-order valence-corrected chi connectivity index (χ3v) is 11.0. The summed E-state index contributed by atoms with van der Waals surface area (Å²) in [6, 6.07) is 0. The van der Waals surface area contributed by atoms with Crippen molar-refractivity contribution in [2.75, 3.05) is 6.61 Å². The summed E-state index contributed by atoms with van der Waals surface area (Å²) in [6.45, 7) is 9.56. The van der Waals surface area contributed by atoms with E-state index in [4.69, 9.17) is 0 Å². The topological polar surface area (TPSA) is 20.2 Å². The SMILES string of the molecule is CC(CO)CCCC(C)C1CCC2C3CC(F)(F)C4CCCCC4(C)C3CCC12C. The Morgan fingerprint density at radius 2 is 1.63 bits per heavy atom. The van der Waals surface area contributed by atoms with E-state index >= 15 is 8.78 Å². The maximum atomic E-state index is 15.4. The van der Waals surface area contributed by atoms with Gasteiger partial charge in [-0.1, -0.05) is 53.4 Å². The summed E-state index contributed by atoms with van der Waals surface area (Å²) in [7, 11) is 0. The van der Waals surface area contributed by atoms with Gasteiger partial charge in [-0.2, -0.15) is 0 Å². The van der Waals surface area contributed by atoms with Crippen molar-refractivity contribution >= 4 is 0 Å². The van der Waals surface area contributed by atoms with Crippen LogP contribution < -0.4 is 0 Å². The molecule has 4 aliphatic carbocycles. The third-order valence-electron chi connectivity index (χ3n) is 11.0. The van der Waals surface area contributed by atoms with Crippen LogP contribution in [0.25, 0.3) is 0 Å². The molecule has 0 spiro atoms. The predicted molar refractivity (Wildman–Crippen MR) is 119 cm³/mol. The Bertz CT molecular complexity index is 606. The lowest BCUT2D eigenvalue weighted by atomic mass is 9.43. The van der Waals surface area contributed by atoms with Gasteiger partial charge in [-0.3, -0.25) is 0 Å². The van der Waals surface area contributed by atoms with Gasteiger partial charge in [0.05, 0.1) is 0 Å². The van der Waals surface area contributed by atoms with Crippen LogP contribution in [0.2, 0.25) is 0 Å². The lowest BCUT2D eigenvalue weighted by molar-refractivity contribution is -0.225. The molecule has 1 N–H and O–H groups in total. The molecule has 30 heavy (non-hydrogen) atoms. The Morgan fingerprint density at radius 1 is 0.900 bits per heavy atom. The molecule has 4 aliphatic rings. The molecule has 4 saturated carbocycles. The van der Waals surface area contributed by atoms with E-state index in [1.165, 1.54) is 38.5 Å². The second kappa shape index (κ2) is 8.31. The van der Waals surface area contributed by atoms with E-state index < -0.39 is 5.92 Å². The van der Waals surface area contributed by atoms with E-state index in [0.717, 1.165) is 32.1 Å². The molecule has 0 aliphatic heterocycles. The Balaban J connectivity index is 1.50. The Labute approximate surface area is 183 Å². The summed E-state index contributed by atoms with van der Waals surface area (Å²) in [6.07, 6.45) is 12.5. The minimum absolute atomic E-state index is 0.129. The summed E-state index contributed by atoms with van der Waals surface area (Å²) in [4.78, 5) is 0. The van der Waals surface area contributed by atoms with Gasteiger partial charge < -0.3 is 5.11 Å². The van der Waals surface area contributed by atoms with Gasteiger partial charge in [0.2, 0.25) is 0 Å². The van der Waals surface area contributed by atoms with Crippen LogP contribution >= 0.6 is 0 Å². The molecule has 9 atom stereocenters. The summed E-state index contributed by atoms with van der Waals surface area (Å²) in [5.74, 6) is 0.207. The van der Waals surface area contributed by atoms with E-state index in [2.05, 4.69) is 27.7 Å². The molecule has 4 rings (SSSR count). The summed E-state index contributed by atoms with van der Waals surface area (Å²) >= 11 is 0. The highest BCUT2D eigenvalue weighted by atomic mass is 19.3. The first-order chi connectivity index (χ1) is 14.1. The van der Waals surface area contributed by atoms with Gasteiger partial charge in [-0.05, 0) is 91.3 Å². The van der Waals surface area contributed by atoms with Gasteiger partial charge in [0, 0.05) is 18.9 Å². The van der Waals surface area contributed by atoms with E-state index in [-0.39, 0.29) is 35.7 Å². The standard InChI is InChI=1S/C27H46F2O/c1-18(17-30)8-7-9-19(2)21-11-12-22-20-16-27(28,29)24-10-5-6-14-26(24,4)23(20)13-15-25(21,22)3/h18-24,30H,5-17H2,1-4H3. The highest BCUT2D eigenvalue weighted by Crippen LogP contribution is 2.70. The first kappa shape index (κ1) is 23.0. The Morgan fingerprint density at radius 3 is 2.37 bits per heavy atom. The minimum Gasteiger partial charge on any atom is -0.396 e. The van der Waals surface area contributed by atoms with E-state index in [1.54, 1.807) is 0 Å². The number of aliphatic hydroxyl groups excluding tert-OH is 1. The van der Waals surface area contributed by atoms with Gasteiger partial charge in [0.15, 0.2) is 0 Å². The van der Waals surface area contributed by atoms with Crippen LogP contribution in [0.3, 0.4) is 0 Å². The van der Waals surface area contributed by atoms with Crippen molar-refractivity contribution in [3.63, 3.8) is 0 Å². The highest BCUT2D eigenvalue weighted by molar-refractivity contribution is 5.12. The molecule has 174 valence electrons. The molecule has 0 bridgehead atoms. The van der Waals surface area contributed by atoms with Crippen LogP contribution in [0.15, 0.2) is 0 Å². The number of alkyl halides is 2. The number of rotatable bonds is 6. The van der Waals surface area contributed by atoms with E-state index in [1.807, 2.05) is 0 Å². The van der Waals surface area contributed by atoms with Crippen molar-refractivity contribution in [1.82, 2.24) is 0 Å². The fourth-order valence-corrected chi connectivity index (χ4v) is 9.40. The molecule has 3 heteroatoms. The van der Waals surface area contributed by atoms with Gasteiger partial charge >= 0.3 is 0 Å². The average molecular weight is 425 g/mol. The molecular formula is C27H46F2O. The lowest BCUT2D eigenvalue weighted by Gasteiger charge is -2.62. The van der Waals surface area contributed by atoms with Gasteiger partial charge in [0.25, 0.3) is 5.92 Å². The first-order valence-corrected chi connectivity index (χ1v) is 13.1. The average Bonchev–Trinajstić information content (AvgIpc) is 3.05. The van der Waals surface area contributed by atoms with Gasteiger partial charge in [-0.15, -0.1) is 0 Å².